The van der Waals surface area contributed by atoms with E-state index in [9.17, 15) is 9.90 Å². The predicted molar refractivity (Wildman–Crippen MR) is 78.6 cm³/mol. The van der Waals surface area contributed by atoms with E-state index in [0.717, 1.165) is 18.6 Å². The summed E-state index contributed by atoms with van der Waals surface area (Å²) in [6.45, 7) is 2.11. The highest BCUT2D eigenvalue weighted by molar-refractivity contribution is 5.75. The van der Waals surface area contributed by atoms with Gasteiger partial charge < -0.3 is 10.4 Å². The molecule has 2 aromatic rings. The maximum atomic E-state index is 11.5. The van der Waals surface area contributed by atoms with Crippen LogP contribution in [0.25, 0.3) is 5.52 Å². The first-order valence-electron chi connectivity index (χ1n) is 7.19. The molecule has 1 aliphatic rings. The molecule has 2 aromatic heterocycles. The smallest absolute Gasteiger partial charge is 0.220 e. The number of carbonyl (C=O) groups is 1. The maximum Gasteiger partial charge on any atom is 0.220 e. The van der Waals surface area contributed by atoms with Crippen molar-refractivity contribution in [3.63, 3.8) is 0 Å². The lowest BCUT2D eigenvalue weighted by atomic mass is 10.0. The number of likely N-dealkylation sites (tertiary alicyclic amines) is 1. The second kappa shape index (κ2) is 5.83. The van der Waals surface area contributed by atoms with Crippen molar-refractivity contribution in [2.45, 2.75) is 19.1 Å². The molecule has 2 atom stereocenters. The van der Waals surface area contributed by atoms with Crippen LogP contribution in [0.4, 0.5) is 0 Å². The van der Waals surface area contributed by atoms with E-state index in [4.69, 9.17) is 0 Å². The van der Waals surface area contributed by atoms with E-state index in [1.807, 2.05) is 22.8 Å². The van der Waals surface area contributed by atoms with Gasteiger partial charge in [-0.25, -0.2) is 4.52 Å². The minimum absolute atomic E-state index is 0.00888. The Morgan fingerprint density at radius 1 is 1.48 bits per heavy atom. The van der Waals surface area contributed by atoms with Crippen LogP contribution in [-0.4, -0.2) is 51.8 Å². The second-order valence-electron chi connectivity index (χ2n) is 5.59. The Labute approximate surface area is 123 Å². The van der Waals surface area contributed by atoms with Crippen LogP contribution in [0.3, 0.4) is 0 Å². The molecule has 1 amide bonds. The number of rotatable bonds is 4. The van der Waals surface area contributed by atoms with Gasteiger partial charge in [0, 0.05) is 51.4 Å². The Kier molecular flexibility index (Phi) is 3.90. The summed E-state index contributed by atoms with van der Waals surface area (Å²) in [5, 5.41) is 17.0. The zero-order chi connectivity index (χ0) is 14.8. The zero-order valence-corrected chi connectivity index (χ0v) is 12.1. The Hall–Kier alpha value is -1.92. The number of amides is 1. The van der Waals surface area contributed by atoms with E-state index < -0.39 is 6.10 Å². The van der Waals surface area contributed by atoms with E-state index in [2.05, 4.69) is 21.4 Å². The predicted octanol–water partition coefficient (Wildman–Crippen LogP) is 0.263. The lowest BCUT2D eigenvalue weighted by molar-refractivity contribution is -0.122. The van der Waals surface area contributed by atoms with Gasteiger partial charge in [0.15, 0.2) is 0 Å². The highest BCUT2D eigenvalue weighted by Crippen LogP contribution is 2.23. The molecular weight excluding hydrogens is 268 g/mol. The first kappa shape index (κ1) is 14.0. The number of hydrogen-bond acceptors (Lipinski definition) is 4. The summed E-state index contributed by atoms with van der Waals surface area (Å²) in [4.78, 5) is 13.7. The lowest BCUT2D eigenvalue weighted by Crippen LogP contribution is -2.27. The van der Waals surface area contributed by atoms with E-state index >= 15 is 0 Å². The fraction of sp³-hybridized carbons (Fsp3) is 0.467. The van der Waals surface area contributed by atoms with Crippen molar-refractivity contribution in [1.29, 1.82) is 0 Å². The fourth-order valence-electron chi connectivity index (χ4n) is 3.00. The molecule has 1 fully saturated rings. The van der Waals surface area contributed by atoms with Gasteiger partial charge in [0.25, 0.3) is 0 Å². The van der Waals surface area contributed by atoms with Crippen LogP contribution in [-0.2, 0) is 11.3 Å². The standard InChI is InChI=1S/C15H20N4O2/c1-16-15(21)7-12-9-18(10-14(12)20)8-11-3-2-6-19-13(11)4-5-17-19/h2-6,12,14,20H,7-10H2,1H3,(H,16,21)/t12-,14-/m1/s1. The summed E-state index contributed by atoms with van der Waals surface area (Å²) >= 11 is 0. The number of aliphatic hydroxyl groups excluding tert-OH is 1. The Morgan fingerprint density at radius 2 is 2.33 bits per heavy atom. The molecule has 0 aliphatic carbocycles. The minimum Gasteiger partial charge on any atom is -0.391 e. The van der Waals surface area contributed by atoms with Gasteiger partial charge in [-0.3, -0.25) is 9.69 Å². The minimum atomic E-state index is -0.438. The van der Waals surface area contributed by atoms with Crippen molar-refractivity contribution < 1.29 is 9.90 Å². The van der Waals surface area contributed by atoms with Gasteiger partial charge in [-0.2, -0.15) is 5.10 Å². The van der Waals surface area contributed by atoms with Crippen LogP contribution in [0, 0.1) is 5.92 Å². The molecule has 0 bridgehead atoms. The van der Waals surface area contributed by atoms with Crippen LogP contribution in [0.1, 0.15) is 12.0 Å². The summed E-state index contributed by atoms with van der Waals surface area (Å²) in [5.74, 6) is -0.00612. The summed E-state index contributed by atoms with van der Waals surface area (Å²) in [7, 11) is 1.63. The van der Waals surface area contributed by atoms with Crippen molar-refractivity contribution in [1.82, 2.24) is 19.8 Å². The molecule has 1 aliphatic heterocycles. The van der Waals surface area contributed by atoms with E-state index in [-0.39, 0.29) is 11.8 Å². The molecule has 0 spiro atoms. The molecule has 0 aromatic carbocycles. The van der Waals surface area contributed by atoms with Gasteiger partial charge in [-0.15, -0.1) is 0 Å². The summed E-state index contributed by atoms with van der Waals surface area (Å²) in [5.41, 5.74) is 2.27. The van der Waals surface area contributed by atoms with Gasteiger partial charge >= 0.3 is 0 Å². The first-order chi connectivity index (χ1) is 10.2. The highest BCUT2D eigenvalue weighted by Gasteiger charge is 2.32. The number of pyridine rings is 1. The number of aliphatic hydroxyl groups is 1. The molecule has 21 heavy (non-hydrogen) atoms. The molecule has 6 nitrogen and oxygen atoms in total. The third kappa shape index (κ3) is 2.91. The third-order valence-corrected chi connectivity index (χ3v) is 4.13. The quantitative estimate of drug-likeness (QED) is 0.847. The number of β-amino-alcohol motifs (C(OH)–C–C–N with tert-alkyl or cyclic N) is 1. The van der Waals surface area contributed by atoms with Gasteiger partial charge in [0.1, 0.15) is 0 Å². The number of carbonyl (C=O) groups excluding carboxylic acids is 1. The third-order valence-electron chi connectivity index (χ3n) is 4.13. The van der Waals surface area contributed by atoms with Crippen LogP contribution >= 0.6 is 0 Å². The topological polar surface area (TPSA) is 69.9 Å². The Balaban J connectivity index is 1.69. The van der Waals surface area contributed by atoms with Crippen LogP contribution in [0.15, 0.2) is 30.6 Å². The monoisotopic (exact) mass is 288 g/mol. The van der Waals surface area contributed by atoms with Crippen molar-refractivity contribution in [2.24, 2.45) is 5.92 Å². The average Bonchev–Trinajstić information content (AvgIpc) is 3.07. The molecule has 6 heteroatoms. The summed E-state index contributed by atoms with van der Waals surface area (Å²) < 4.78 is 1.85. The van der Waals surface area contributed by atoms with E-state index in [1.165, 1.54) is 5.56 Å². The normalized spacial score (nSPS) is 22.8. The number of hydrogen-bond donors (Lipinski definition) is 2. The molecule has 3 rings (SSSR count). The summed E-state index contributed by atoms with van der Waals surface area (Å²) in [6.07, 6.45) is 3.65. The maximum absolute atomic E-state index is 11.5. The summed E-state index contributed by atoms with van der Waals surface area (Å²) in [6, 6.07) is 6.04. The zero-order valence-electron chi connectivity index (χ0n) is 12.1. The van der Waals surface area contributed by atoms with Gasteiger partial charge in [-0.1, -0.05) is 6.07 Å². The Bertz CT molecular complexity index is 639. The van der Waals surface area contributed by atoms with Gasteiger partial charge in [0.05, 0.1) is 11.6 Å². The van der Waals surface area contributed by atoms with Crippen molar-refractivity contribution >= 4 is 11.4 Å². The van der Waals surface area contributed by atoms with Gasteiger partial charge in [0.2, 0.25) is 5.91 Å². The van der Waals surface area contributed by atoms with Crippen molar-refractivity contribution in [3.8, 4) is 0 Å². The van der Waals surface area contributed by atoms with Gasteiger partial charge in [-0.05, 0) is 17.7 Å². The van der Waals surface area contributed by atoms with Crippen LogP contribution in [0.5, 0.6) is 0 Å². The van der Waals surface area contributed by atoms with Crippen LogP contribution in [0.2, 0.25) is 0 Å². The molecule has 0 saturated carbocycles. The molecule has 0 unspecified atom stereocenters. The van der Waals surface area contributed by atoms with E-state index in [0.29, 0.717) is 13.0 Å². The molecule has 2 N–H and O–H groups in total. The largest absolute Gasteiger partial charge is 0.391 e. The first-order valence-corrected chi connectivity index (χ1v) is 7.19. The van der Waals surface area contributed by atoms with E-state index in [1.54, 1.807) is 13.2 Å². The SMILES string of the molecule is CNC(=O)C[C@@H]1CN(Cc2cccn3nccc23)C[C@H]1O. The number of aromatic nitrogens is 2. The number of nitrogens with one attached hydrogen (secondary N) is 1. The fourth-order valence-corrected chi connectivity index (χ4v) is 3.00. The molecule has 0 radical (unpaired) electrons. The average molecular weight is 288 g/mol. The molecular formula is C15H20N4O2. The number of fused-ring (bicyclic) bond motifs is 1. The lowest BCUT2D eigenvalue weighted by Gasteiger charge is -2.16. The number of nitrogens with zero attached hydrogens (tertiary/aromatic N) is 3. The van der Waals surface area contributed by atoms with Crippen molar-refractivity contribution in [2.75, 3.05) is 20.1 Å². The molecule has 3 heterocycles. The molecule has 112 valence electrons. The molecule has 1 saturated heterocycles. The Morgan fingerprint density at radius 3 is 3.14 bits per heavy atom. The second-order valence-corrected chi connectivity index (χ2v) is 5.59. The van der Waals surface area contributed by atoms with Crippen LogP contribution < -0.4 is 5.32 Å². The van der Waals surface area contributed by atoms with Crippen molar-refractivity contribution in [3.05, 3.63) is 36.2 Å². The highest BCUT2D eigenvalue weighted by atomic mass is 16.3.